The number of carbonyl (C=O) groups excluding carboxylic acids is 1. The summed E-state index contributed by atoms with van der Waals surface area (Å²) in [6, 6.07) is 19.9. The first-order valence-electron chi connectivity index (χ1n) is 10.2. The number of nitrogens with one attached hydrogen (secondary N) is 1. The molecule has 164 valence electrons. The maximum atomic E-state index is 12.6. The van der Waals surface area contributed by atoms with Gasteiger partial charge in [-0.25, -0.2) is 9.59 Å². The summed E-state index contributed by atoms with van der Waals surface area (Å²) < 4.78 is 5.46. The predicted molar refractivity (Wildman–Crippen MR) is 118 cm³/mol. The van der Waals surface area contributed by atoms with Gasteiger partial charge < -0.3 is 25.4 Å². The number of carbonyl (C=O) groups is 2. The van der Waals surface area contributed by atoms with Crippen molar-refractivity contribution in [2.24, 2.45) is 0 Å². The number of carboxylic acid groups (broad SMARTS) is 1. The van der Waals surface area contributed by atoms with Gasteiger partial charge in [0.25, 0.3) is 0 Å². The zero-order chi connectivity index (χ0) is 22.9. The van der Waals surface area contributed by atoms with Gasteiger partial charge in [0.05, 0.1) is 0 Å². The lowest BCUT2D eigenvalue weighted by Crippen LogP contribution is -2.54. The highest BCUT2D eigenvalue weighted by molar-refractivity contribution is 5.84. The molecule has 0 fully saturated rings. The lowest BCUT2D eigenvalue weighted by molar-refractivity contribution is -0.143. The number of carboxylic acids is 1. The fraction of sp³-hybridized carbons (Fsp3) is 0.200. The quantitative estimate of drug-likeness (QED) is 0.436. The van der Waals surface area contributed by atoms with Crippen LogP contribution in [0.25, 0.3) is 11.1 Å². The molecule has 7 nitrogen and oxygen atoms in total. The van der Waals surface area contributed by atoms with Gasteiger partial charge in [-0.05, 0) is 46.9 Å². The van der Waals surface area contributed by atoms with Gasteiger partial charge in [-0.3, -0.25) is 0 Å². The molecule has 0 radical (unpaired) electrons. The van der Waals surface area contributed by atoms with E-state index in [2.05, 4.69) is 5.32 Å². The number of hydrogen-bond donors (Lipinski definition) is 4. The first kappa shape index (κ1) is 21.2. The van der Waals surface area contributed by atoms with Crippen molar-refractivity contribution in [1.82, 2.24) is 5.32 Å². The number of aliphatic carboxylic acids is 1. The molecule has 3 aromatic rings. The Morgan fingerprint density at radius 3 is 2.09 bits per heavy atom. The third kappa shape index (κ3) is 3.97. The van der Waals surface area contributed by atoms with Gasteiger partial charge in [-0.15, -0.1) is 0 Å². The molecule has 0 bridgehead atoms. The van der Waals surface area contributed by atoms with Crippen molar-refractivity contribution in [1.29, 1.82) is 0 Å². The van der Waals surface area contributed by atoms with Crippen molar-refractivity contribution in [2.75, 3.05) is 6.61 Å². The van der Waals surface area contributed by atoms with Crippen molar-refractivity contribution in [2.45, 2.75) is 24.8 Å². The first-order chi connectivity index (χ1) is 15.3. The molecule has 1 aliphatic rings. The zero-order valence-electron chi connectivity index (χ0n) is 17.4. The Morgan fingerprint density at radius 2 is 1.53 bits per heavy atom. The summed E-state index contributed by atoms with van der Waals surface area (Å²) in [6.07, 6.45) is -0.958. The van der Waals surface area contributed by atoms with E-state index in [-0.39, 0.29) is 30.4 Å². The molecular weight excluding hydrogens is 410 g/mol. The molecular formula is C25H23NO6. The van der Waals surface area contributed by atoms with E-state index in [0.29, 0.717) is 5.56 Å². The highest BCUT2D eigenvalue weighted by Crippen LogP contribution is 2.44. The Balaban J connectivity index is 1.48. The molecule has 4 rings (SSSR count). The minimum Gasteiger partial charge on any atom is -0.504 e. The largest absolute Gasteiger partial charge is 0.504 e. The number of phenolic OH excluding ortho intramolecular Hbond substituents is 2. The molecule has 7 heteroatoms. The summed E-state index contributed by atoms with van der Waals surface area (Å²) in [5, 5.41) is 31.3. The SMILES string of the molecule is C[C@](Cc1ccc(O)c(O)c1)(NC(=O)OCC1c2ccccc2-c2ccccc21)C(=O)O. The second kappa shape index (κ2) is 8.26. The monoisotopic (exact) mass is 433 g/mol. The van der Waals surface area contributed by atoms with Gasteiger partial charge >= 0.3 is 12.1 Å². The molecule has 0 aromatic heterocycles. The van der Waals surface area contributed by atoms with E-state index in [0.717, 1.165) is 22.3 Å². The topological polar surface area (TPSA) is 116 Å². The summed E-state index contributed by atoms with van der Waals surface area (Å²) in [4.78, 5) is 24.5. The van der Waals surface area contributed by atoms with E-state index >= 15 is 0 Å². The van der Waals surface area contributed by atoms with Crippen LogP contribution in [0.15, 0.2) is 66.7 Å². The van der Waals surface area contributed by atoms with Crippen LogP contribution in [0.5, 0.6) is 11.5 Å². The molecule has 0 heterocycles. The zero-order valence-corrected chi connectivity index (χ0v) is 17.4. The fourth-order valence-electron chi connectivity index (χ4n) is 4.12. The number of phenols is 2. The van der Waals surface area contributed by atoms with Gasteiger partial charge in [0, 0.05) is 12.3 Å². The van der Waals surface area contributed by atoms with Crippen molar-refractivity contribution in [3.05, 3.63) is 83.4 Å². The fourth-order valence-corrected chi connectivity index (χ4v) is 4.12. The minimum atomic E-state index is -1.67. The molecule has 0 saturated heterocycles. The Bertz CT molecular complexity index is 1150. The van der Waals surface area contributed by atoms with Crippen molar-refractivity contribution >= 4 is 12.1 Å². The second-order valence-electron chi connectivity index (χ2n) is 8.09. The van der Waals surface area contributed by atoms with E-state index in [9.17, 15) is 24.9 Å². The maximum absolute atomic E-state index is 12.6. The molecule has 32 heavy (non-hydrogen) atoms. The van der Waals surface area contributed by atoms with E-state index in [1.54, 1.807) is 0 Å². The third-order valence-corrected chi connectivity index (χ3v) is 5.79. The van der Waals surface area contributed by atoms with Crippen molar-refractivity contribution in [3.63, 3.8) is 0 Å². The summed E-state index contributed by atoms with van der Waals surface area (Å²) in [6.45, 7) is 1.43. The molecule has 1 atom stereocenters. The molecule has 0 unspecified atom stereocenters. The molecule has 1 aliphatic carbocycles. The van der Waals surface area contributed by atoms with Gasteiger partial charge in [-0.2, -0.15) is 0 Å². The number of rotatable bonds is 6. The van der Waals surface area contributed by atoms with Crippen molar-refractivity contribution in [3.8, 4) is 22.6 Å². The highest BCUT2D eigenvalue weighted by Gasteiger charge is 2.37. The number of ether oxygens (including phenoxy) is 1. The van der Waals surface area contributed by atoms with Gasteiger partial charge in [0.15, 0.2) is 11.5 Å². The Morgan fingerprint density at radius 1 is 0.938 bits per heavy atom. The van der Waals surface area contributed by atoms with E-state index < -0.39 is 17.6 Å². The Labute approximate surface area is 184 Å². The summed E-state index contributed by atoms with van der Waals surface area (Å²) in [5.74, 6) is -2.07. The van der Waals surface area contributed by atoms with Gasteiger partial charge in [-0.1, -0.05) is 54.6 Å². The van der Waals surface area contributed by atoms with E-state index in [1.807, 2.05) is 48.5 Å². The summed E-state index contributed by atoms with van der Waals surface area (Å²) >= 11 is 0. The second-order valence-corrected chi connectivity index (χ2v) is 8.09. The minimum absolute atomic E-state index is 0.0650. The van der Waals surface area contributed by atoms with Crippen LogP contribution in [0.4, 0.5) is 4.79 Å². The van der Waals surface area contributed by atoms with Crippen LogP contribution in [-0.2, 0) is 16.0 Å². The number of hydrogen-bond acceptors (Lipinski definition) is 5. The summed E-state index contributed by atoms with van der Waals surface area (Å²) in [5.41, 5.74) is 3.07. The van der Waals surface area contributed by atoms with Crippen LogP contribution in [0.1, 0.15) is 29.5 Å². The summed E-state index contributed by atoms with van der Waals surface area (Å²) in [7, 11) is 0. The number of alkyl carbamates (subject to hydrolysis) is 1. The standard InChI is InChI=1S/C25H23NO6/c1-25(23(29)30,13-15-10-11-21(27)22(28)12-15)26-24(31)32-14-20-18-8-4-2-6-16(18)17-7-3-5-9-19(17)20/h2-12,20,27-28H,13-14H2,1H3,(H,26,31)(H,29,30)/t25-/m1/s1. The molecule has 0 spiro atoms. The smallest absolute Gasteiger partial charge is 0.408 e. The van der Waals surface area contributed by atoms with E-state index in [1.165, 1.54) is 25.1 Å². The van der Waals surface area contributed by atoms with Crippen molar-refractivity contribution < 1.29 is 29.6 Å². The molecule has 1 amide bonds. The number of benzene rings is 3. The normalized spacial score (nSPS) is 14.2. The van der Waals surface area contributed by atoms with Crippen LogP contribution >= 0.6 is 0 Å². The first-order valence-corrected chi connectivity index (χ1v) is 10.2. The average Bonchev–Trinajstić information content (AvgIpc) is 3.08. The lowest BCUT2D eigenvalue weighted by Gasteiger charge is -2.26. The average molecular weight is 433 g/mol. The number of amides is 1. The van der Waals surface area contributed by atoms with E-state index in [4.69, 9.17) is 4.74 Å². The maximum Gasteiger partial charge on any atom is 0.408 e. The lowest BCUT2D eigenvalue weighted by atomic mass is 9.93. The van der Waals surface area contributed by atoms with Crippen LogP contribution in [0.3, 0.4) is 0 Å². The number of fused-ring (bicyclic) bond motifs is 3. The molecule has 4 N–H and O–H groups in total. The van der Waals surface area contributed by atoms with Gasteiger partial charge in [0.1, 0.15) is 12.1 Å². The van der Waals surface area contributed by atoms with Crippen LogP contribution in [0.2, 0.25) is 0 Å². The third-order valence-electron chi connectivity index (χ3n) is 5.79. The van der Waals surface area contributed by atoms with Crippen LogP contribution in [0, 0.1) is 0 Å². The Kier molecular flexibility index (Phi) is 5.48. The Hall–Kier alpha value is -4.00. The molecule has 3 aromatic carbocycles. The van der Waals surface area contributed by atoms with Crippen LogP contribution < -0.4 is 5.32 Å². The van der Waals surface area contributed by atoms with Gasteiger partial charge in [0.2, 0.25) is 0 Å². The highest BCUT2D eigenvalue weighted by atomic mass is 16.5. The predicted octanol–water partition coefficient (Wildman–Crippen LogP) is 4.02. The number of aromatic hydroxyl groups is 2. The molecule has 0 aliphatic heterocycles. The molecule has 0 saturated carbocycles. The van der Waals surface area contributed by atoms with Crippen LogP contribution in [-0.4, -0.2) is 39.5 Å².